The molecule has 4 bridgehead atoms. The average Bonchev–Trinajstić information content (AvgIpc) is 3.13. The first kappa shape index (κ1) is 16.6. The SMILES string of the molecule is CC1(C)OCC(COc2ccc(Br)cc2C23CC4CC(C2)C(C4)C3)O1. The number of rotatable bonds is 4. The molecule has 3 atom stereocenters. The summed E-state index contributed by atoms with van der Waals surface area (Å²) < 4.78 is 19.0. The Kier molecular flexibility index (Phi) is 3.79. The van der Waals surface area contributed by atoms with Crippen LogP contribution in [0.3, 0.4) is 0 Å². The van der Waals surface area contributed by atoms with E-state index >= 15 is 0 Å². The number of hydrogen-bond acceptors (Lipinski definition) is 3. The predicted octanol–water partition coefficient (Wildman–Crippen LogP) is 5.06. The molecule has 0 amide bonds. The van der Waals surface area contributed by atoms with Gasteiger partial charge in [-0.15, -0.1) is 0 Å². The van der Waals surface area contributed by atoms with Crippen LogP contribution in [-0.2, 0) is 14.9 Å². The highest BCUT2D eigenvalue weighted by Gasteiger charge is 2.57. The molecule has 1 aliphatic heterocycles. The molecule has 4 saturated carbocycles. The van der Waals surface area contributed by atoms with Crippen LogP contribution in [-0.4, -0.2) is 25.1 Å². The zero-order valence-corrected chi connectivity index (χ0v) is 16.7. The molecule has 6 rings (SSSR count). The summed E-state index contributed by atoms with van der Waals surface area (Å²) in [6.45, 7) is 5.09. The van der Waals surface area contributed by atoms with E-state index in [9.17, 15) is 0 Å². The maximum atomic E-state index is 6.29. The van der Waals surface area contributed by atoms with E-state index in [0.29, 0.717) is 18.6 Å². The molecule has 5 aliphatic rings. The van der Waals surface area contributed by atoms with Gasteiger partial charge in [-0.1, -0.05) is 15.9 Å². The van der Waals surface area contributed by atoms with Crippen molar-refractivity contribution in [2.24, 2.45) is 17.8 Å². The molecule has 1 heterocycles. The summed E-state index contributed by atoms with van der Waals surface area (Å²) >= 11 is 3.69. The van der Waals surface area contributed by atoms with Crippen molar-refractivity contribution >= 4 is 15.9 Å². The molecule has 0 N–H and O–H groups in total. The topological polar surface area (TPSA) is 27.7 Å². The van der Waals surface area contributed by atoms with Gasteiger partial charge >= 0.3 is 0 Å². The highest BCUT2D eigenvalue weighted by Crippen LogP contribution is 2.65. The van der Waals surface area contributed by atoms with Crippen LogP contribution in [0.15, 0.2) is 22.7 Å². The van der Waals surface area contributed by atoms with Crippen LogP contribution in [0.2, 0.25) is 0 Å². The molecule has 0 aromatic heterocycles. The molecular formula is C21H27BrO3. The average molecular weight is 407 g/mol. The van der Waals surface area contributed by atoms with Crippen LogP contribution in [0.5, 0.6) is 5.75 Å². The van der Waals surface area contributed by atoms with Gasteiger partial charge in [0.2, 0.25) is 0 Å². The number of benzene rings is 1. The summed E-state index contributed by atoms with van der Waals surface area (Å²) in [5, 5.41) is 0. The van der Waals surface area contributed by atoms with Crippen molar-refractivity contribution in [3.63, 3.8) is 0 Å². The number of halogens is 1. The zero-order chi connectivity index (χ0) is 17.2. The Labute approximate surface area is 158 Å². The molecule has 3 nitrogen and oxygen atoms in total. The molecule has 3 unspecified atom stereocenters. The fourth-order valence-electron chi connectivity index (χ4n) is 6.21. The minimum absolute atomic E-state index is 0.0140. The van der Waals surface area contributed by atoms with E-state index in [-0.39, 0.29) is 6.10 Å². The zero-order valence-electron chi connectivity index (χ0n) is 15.1. The Morgan fingerprint density at radius 2 is 1.92 bits per heavy atom. The van der Waals surface area contributed by atoms with Gasteiger partial charge in [-0.2, -0.15) is 0 Å². The largest absolute Gasteiger partial charge is 0.490 e. The van der Waals surface area contributed by atoms with Gasteiger partial charge in [0.1, 0.15) is 18.5 Å². The fraction of sp³-hybridized carbons (Fsp3) is 0.714. The maximum Gasteiger partial charge on any atom is 0.163 e. The molecule has 4 aliphatic carbocycles. The molecule has 5 fully saturated rings. The lowest BCUT2D eigenvalue weighted by atomic mass is 9.65. The third kappa shape index (κ3) is 2.85. The Morgan fingerprint density at radius 1 is 1.16 bits per heavy atom. The van der Waals surface area contributed by atoms with E-state index in [1.807, 2.05) is 13.8 Å². The second-order valence-corrected chi connectivity index (χ2v) is 10.1. The number of hydrogen-bond donors (Lipinski definition) is 0. The highest BCUT2D eigenvalue weighted by atomic mass is 79.9. The van der Waals surface area contributed by atoms with Gasteiger partial charge in [-0.25, -0.2) is 0 Å². The molecule has 25 heavy (non-hydrogen) atoms. The van der Waals surface area contributed by atoms with Crippen LogP contribution in [0, 0.1) is 17.8 Å². The van der Waals surface area contributed by atoms with E-state index in [1.165, 1.54) is 37.7 Å². The first-order valence-electron chi connectivity index (χ1n) is 9.67. The lowest BCUT2D eigenvalue weighted by molar-refractivity contribution is -0.141. The fourth-order valence-corrected chi connectivity index (χ4v) is 6.57. The standard InChI is InChI=1S/C21H27BrO3/c1-20(2)24-12-17(25-20)11-23-19-4-3-16(22)7-18(19)21-8-13-5-14(9-21)15(6-13)10-21/h3-4,7,13-15,17H,5-6,8-12H2,1-2H3. The quantitative estimate of drug-likeness (QED) is 0.699. The van der Waals surface area contributed by atoms with Crippen LogP contribution in [0.1, 0.15) is 51.5 Å². The van der Waals surface area contributed by atoms with Gasteiger partial charge in [-0.3, -0.25) is 0 Å². The summed E-state index contributed by atoms with van der Waals surface area (Å²) in [6, 6.07) is 6.56. The summed E-state index contributed by atoms with van der Waals surface area (Å²) in [5.74, 6) is 3.42. The van der Waals surface area contributed by atoms with Crippen molar-refractivity contribution in [3.05, 3.63) is 28.2 Å². The van der Waals surface area contributed by atoms with Gasteiger partial charge in [0, 0.05) is 10.0 Å². The van der Waals surface area contributed by atoms with Crippen molar-refractivity contribution in [2.75, 3.05) is 13.2 Å². The van der Waals surface area contributed by atoms with E-state index < -0.39 is 5.79 Å². The van der Waals surface area contributed by atoms with E-state index in [2.05, 4.69) is 34.1 Å². The second-order valence-electron chi connectivity index (χ2n) is 9.15. The van der Waals surface area contributed by atoms with Crippen LogP contribution >= 0.6 is 15.9 Å². The molecular weight excluding hydrogens is 380 g/mol. The Hall–Kier alpha value is -0.580. The van der Waals surface area contributed by atoms with Crippen LogP contribution in [0.25, 0.3) is 0 Å². The summed E-state index contributed by atoms with van der Waals surface area (Å²) in [4.78, 5) is 0. The van der Waals surface area contributed by atoms with Crippen molar-refractivity contribution in [1.29, 1.82) is 0 Å². The second kappa shape index (κ2) is 5.71. The minimum Gasteiger partial charge on any atom is -0.490 e. The van der Waals surface area contributed by atoms with Gasteiger partial charge < -0.3 is 14.2 Å². The van der Waals surface area contributed by atoms with Crippen molar-refractivity contribution < 1.29 is 14.2 Å². The lowest BCUT2D eigenvalue weighted by Gasteiger charge is -2.40. The predicted molar refractivity (Wildman–Crippen MR) is 99.8 cm³/mol. The Morgan fingerprint density at radius 3 is 2.56 bits per heavy atom. The highest BCUT2D eigenvalue weighted by molar-refractivity contribution is 9.10. The van der Waals surface area contributed by atoms with Crippen LogP contribution in [0.4, 0.5) is 0 Å². The monoisotopic (exact) mass is 406 g/mol. The Bertz CT molecular complexity index is 666. The normalized spacial score (nSPS) is 40.8. The van der Waals surface area contributed by atoms with Crippen molar-refractivity contribution in [1.82, 2.24) is 0 Å². The Balaban J connectivity index is 1.38. The van der Waals surface area contributed by atoms with Gasteiger partial charge in [0.15, 0.2) is 5.79 Å². The van der Waals surface area contributed by atoms with E-state index in [0.717, 1.165) is 28.0 Å². The maximum absolute atomic E-state index is 6.29. The lowest BCUT2D eigenvalue weighted by Crippen LogP contribution is -2.32. The summed E-state index contributed by atoms with van der Waals surface area (Å²) in [7, 11) is 0. The van der Waals surface area contributed by atoms with E-state index in [4.69, 9.17) is 14.2 Å². The van der Waals surface area contributed by atoms with Gasteiger partial charge in [0.25, 0.3) is 0 Å². The first-order chi connectivity index (χ1) is 11.9. The summed E-state index contributed by atoms with van der Waals surface area (Å²) in [6.07, 6.45) is 7.02. The number of ether oxygens (including phenoxy) is 3. The third-order valence-electron chi connectivity index (χ3n) is 6.93. The third-order valence-corrected chi connectivity index (χ3v) is 7.42. The molecule has 1 aromatic carbocycles. The van der Waals surface area contributed by atoms with Crippen molar-refractivity contribution in [3.8, 4) is 5.75 Å². The summed E-state index contributed by atoms with van der Waals surface area (Å²) in [5.41, 5.74) is 1.78. The molecule has 136 valence electrons. The van der Waals surface area contributed by atoms with Gasteiger partial charge in [-0.05, 0) is 87.3 Å². The molecule has 0 spiro atoms. The van der Waals surface area contributed by atoms with E-state index in [1.54, 1.807) is 0 Å². The van der Waals surface area contributed by atoms with Gasteiger partial charge in [0.05, 0.1) is 6.61 Å². The smallest absolute Gasteiger partial charge is 0.163 e. The van der Waals surface area contributed by atoms with Crippen molar-refractivity contribution in [2.45, 2.75) is 63.3 Å². The minimum atomic E-state index is -0.488. The molecule has 1 saturated heterocycles. The van der Waals surface area contributed by atoms with Crippen LogP contribution < -0.4 is 4.74 Å². The first-order valence-corrected chi connectivity index (χ1v) is 10.5. The molecule has 1 aromatic rings. The molecule has 4 heteroatoms. The molecule has 0 radical (unpaired) electrons.